The number of hydrogen-bond acceptors (Lipinski definition) is 2. The maximum absolute atomic E-state index is 11.4. The molecule has 0 unspecified atom stereocenters. The van der Waals surface area contributed by atoms with Crippen molar-refractivity contribution in [1.82, 2.24) is 5.32 Å². The summed E-state index contributed by atoms with van der Waals surface area (Å²) in [5, 5.41) is 10.9. The van der Waals surface area contributed by atoms with Gasteiger partial charge in [-0.05, 0) is 19.4 Å². The average molecular weight is 153 g/mol. The lowest BCUT2D eigenvalue weighted by Gasteiger charge is -2.01. The van der Waals surface area contributed by atoms with Crippen molar-refractivity contribution in [3.8, 4) is 0 Å². The average Bonchev–Trinajstić information content (AvgIpc) is 1.87. The van der Waals surface area contributed by atoms with Gasteiger partial charge in [0.1, 0.15) is 0 Å². The van der Waals surface area contributed by atoms with Crippen LogP contribution in [-0.2, 0) is 0 Å². The van der Waals surface area contributed by atoms with Gasteiger partial charge in [0, 0.05) is 6.61 Å². The van der Waals surface area contributed by atoms with E-state index in [1.807, 2.05) is 0 Å². The summed E-state index contributed by atoms with van der Waals surface area (Å²) in [5.74, 6) is 0. The molecule has 0 aromatic heterocycles. The maximum atomic E-state index is 11.4. The molecule has 2 N–H and O–H groups in total. The van der Waals surface area contributed by atoms with Gasteiger partial charge in [-0.2, -0.15) is 0 Å². The summed E-state index contributed by atoms with van der Waals surface area (Å²) in [6.07, 6.45) is -0.839. The molecule has 0 aliphatic heterocycles. The minimum Gasteiger partial charge on any atom is -0.396 e. The van der Waals surface area contributed by atoms with Crippen LogP contribution >= 0.6 is 0 Å². The van der Waals surface area contributed by atoms with Gasteiger partial charge in [-0.25, -0.2) is 8.78 Å². The van der Waals surface area contributed by atoms with Crippen molar-refractivity contribution in [3.63, 3.8) is 0 Å². The maximum Gasteiger partial charge on any atom is 0.250 e. The molecule has 0 fully saturated rings. The fraction of sp³-hybridized carbons (Fsp3) is 1.00. The van der Waals surface area contributed by atoms with Crippen molar-refractivity contribution in [1.29, 1.82) is 0 Å². The molecule has 0 spiro atoms. The second kappa shape index (κ2) is 6.89. The normalized spacial score (nSPS) is 10.8. The first kappa shape index (κ1) is 9.78. The van der Waals surface area contributed by atoms with Crippen molar-refractivity contribution in [2.45, 2.75) is 19.3 Å². The van der Waals surface area contributed by atoms with Crippen LogP contribution in [-0.4, -0.2) is 31.2 Å². The second-order valence-electron chi connectivity index (χ2n) is 2.03. The van der Waals surface area contributed by atoms with E-state index in [0.717, 1.165) is 6.42 Å². The van der Waals surface area contributed by atoms with Crippen molar-refractivity contribution in [2.24, 2.45) is 0 Å². The molecule has 0 aliphatic rings. The molecule has 62 valence electrons. The predicted molar refractivity (Wildman–Crippen MR) is 35.2 cm³/mol. The van der Waals surface area contributed by atoms with Gasteiger partial charge in [-0.15, -0.1) is 0 Å². The first-order chi connectivity index (χ1) is 4.77. The minimum absolute atomic E-state index is 0.135. The lowest BCUT2D eigenvalue weighted by Crippen LogP contribution is -2.22. The monoisotopic (exact) mass is 153 g/mol. The third-order valence-electron chi connectivity index (χ3n) is 1.06. The van der Waals surface area contributed by atoms with Crippen LogP contribution in [0.5, 0.6) is 0 Å². The standard InChI is InChI=1S/C6H13F2NO/c7-6(8)5-9-3-1-2-4-10/h6,9-10H,1-5H2. The number of nitrogens with one attached hydrogen (secondary N) is 1. The molecule has 0 radical (unpaired) electrons. The third kappa shape index (κ3) is 7.78. The largest absolute Gasteiger partial charge is 0.396 e. The Hall–Kier alpha value is -0.220. The molecular formula is C6H13F2NO. The van der Waals surface area contributed by atoms with Gasteiger partial charge < -0.3 is 10.4 Å². The highest BCUT2D eigenvalue weighted by atomic mass is 19.3. The molecular weight excluding hydrogens is 140 g/mol. The van der Waals surface area contributed by atoms with Crippen molar-refractivity contribution in [3.05, 3.63) is 0 Å². The van der Waals surface area contributed by atoms with Gasteiger partial charge >= 0.3 is 0 Å². The molecule has 0 amide bonds. The van der Waals surface area contributed by atoms with E-state index in [0.29, 0.717) is 13.0 Å². The predicted octanol–water partition coefficient (Wildman–Crippen LogP) is 0.614. The summed E-state index contributed by atoms with van der Waals surface area (Å²) in [4.78, 5) is 0. The van der Waals surface area contributed by atoms with Gasteiger partial charge in [-0.3, -0.25) is 0 Å². The van der Waals surface area contributed by atoms with E-state index in [4.69, 9.17) is 5.11 Å². The molecule has 0 rings (SSSR count). The van der Waals surface area contributed by atoms with Crippen LogP contribution in [0.4, 0.5) is 8.78 Å². The van der Waals surface area contributed by atoms with Gasteiger partial charge in [0.15, 0.2) is 0 Å². The van der Waals surface area contributed by atoms with Crippen LogP contribution in [0, 0.1) is 0 Å². The fourth-order valence-electron chi connectivity index (χ4n) is 0.573. The van der Waals surface area contributed by atoms with E-state index >= 15 is 0 Å². The number of aliphatic hydroxyl groups excluding tert-OH is 1. The Kier molecular flexibility index (Phi) is 6.74. The van der Waals surface area contributed by atoms with Gasteiger partial charge in [-0.1, -0.05) is 0 Å². The summed E-state index contributed by atoms with van der Waals surface area (Å²) in [7, 11) is 0. The molecule has 2 nitrogen and oxygen atoms in total. The number of unbranched alkanes of at least 4 members (excludes halogenated alkanes) is 1. The van der Waals surface area contributed by atoms with Crippen molar-refractivity contribution in [2.75, 3.05) is 19.7 Å². The Bertz CT molecular complexity index is 70.8. The molecule has 0 aromatic carbocycles. The number of rotatable bonds is 6. The zero-order chi connectivity index (χ0) is 7.82. The highest BCUT2D eigenvalue weighted by Crippen LogP contribution is 1.89. The SMILES string of the molecule is OCCCCNCC(F)F. The van der Waals surface area contributed by atoms with Crippen LogP contribution in [0.15, 0.2) is 0 Å². The molecule has 0 heterocycles. The number of hydrogen-bond donors (Lipinski definition) is 2. The van der Waals surface area contributed by atoms with Crippen molar-refractivity contribution < 1.29 is 13.9 Å². The summed E-state index contributed by atoms with van der Waals surface area (Å²) >= 11 is 0. The second-order valence-corrected chi connectivity index (χ2v) is 2.03. The number of aliphatic hydroxyl groups is 1. The molecule has 0 aliphatic carbocycles. The van der Waals surface area contributed by atoms with Crippen LogP contribution < -0.4 is 5.32 Å². The van der Waals surface area contributed by atoms with E-state index in [-0.39, 0.29) is 13.2 Å². The molecule has 0 saturated carbocycles. The van der Waals surface area contributed by atoms with Crippen molar-refractivity contribution >= 4 is 0 Å². The fourth-order valence-corrected chi connectivity index (χ4v) is 0.573. The molecule has 4 heteroatoms. The third-order valence-corrected chi connectivity index (χ3v) is 1.06. The molecule has 0 saturated heterocycles. The Morgan fingerprint density at radius 3 is 2.50 bits per heavy atom. The molecule has 10 heavy (non-hydrogen) atoms. The summed E-state index contributed by atoms with van der Waals surface area (Å²) in [5.41, 5.74) is 0. The van der Waals surface area contributed by atoms with Crippen LogP contribution in [0.2, 0.25) is 0 Å². The number of alkyl halides is 2. The summed E-state index contributed by atoms with van der Waals surface area (Å²) in [6.45, 7) is 0.451. The Labute approximate surface area is 59.2 Å². The van der Waals surface area contributed by atoms with Gasteiger partial charge in [0.2, 0.25) is 0 Å². The quantitative estimate of drug-likeness (QED) is 0.548. The molecule has 0 atom stereocenters. The minimum atomic E-state index is -2.27. The smallest absolute Gasteiger partial charge is 0.250 e. The zero-order valence-electron chi connectivity index (χ0n) is 5.82. The van der Waals surface area contributed by atoms with E-state index < -0.39 is 6.43 Å². The summed E-state index contributed by atoms with van der Waals surface area (Å²) in [6, 6.07) is 0. The first-order valence-electron chi connectivity index (χ1n) is 3.37. The lowest BCUT2D eigenvalue weighted by molar-refractivity contribution is 0.145. The zero-order valence-corrected chi connectivity index (χ0v) is 5.82. The first-order valence-corrected chi connectivity index (χ1v) is 3.37. The van der Waals surface area contributed by atoms with Crippen LogP contribution in [0.25, 0.3) is 0 Å². The van der Waals surface area contributed by atoms with Crippen LogP contribution in [0.3, 0.4) is 0 Å². The van der Waals surface area contributed by atoms with Gasteiger partial charge in [0.25, 0.3) is 6.43 Å². The van der Waals surface area contributed by atoms with E-state index in [9.17, 15) is 8.78 Å². The number of halogens is 2. The Morgan fingerprint density at radius 2 is 2.00 bits per heavy atom. The highest BCUT2D eigenvalue weighted by Gasteiger charge is 1.98. The topological polar surface area (TPSA) is 32.3 Å². The van der Waals surface area contributed by atoms with Gasteiger partial charge in [0.05, 0.1) is 6.54 Å². The van der Waals surface area contributed by atoms with E-state index in [2.05, 4.69) is 5.32 Å². The lowest BCUT2D eigenvalue weighted by atomic mass is 10.3. The van der Waals surface area contributed by atoms with E-state index in [1.165, 1.54) is 0 Å². The Morgan fingerprint density at radius 1 is 1.30 bits per heavy atom. The molecule has 0 aromatic rings. The Balaban J connectivity index is 2.77. The molecule has 0 bridgehead atoms. The highest BCUT2D eigenvalue weighted by molar-refractivity contribution is 4.48. The summed E-state index contributed by atoms with van der Waals surface area (Å²) < 4.78 is 22.9. The van der Waals surface area contributed by atoms with Crippen LogP contribution in [0.1, 0.15) is 12.8 Å². The van der Waals surface area contributed by atoms with E-state index in [1.54, 1.807) is 0 Å².